The SMILES string of the molecule is COc1cccc(CN(C)C(=O)CN2CCCCC2CCO)c1. The maximum Gasteiger partial charge on any atom is 0.236 e. The second kappa shape index (κ2) is 8.89. The average Bonchev–Trinajstić information content (AvgIpc) is 2.57. The minimum Gasteiger partial charge on any atom is -0.497 e. The number of likely N-dealkylation sites (N-methyl/N-ethyl adjacent to an activating group) is 1. The lowest BCUT2D eigenvalue weighted by Crippen LogP contribution is -2.46. The first-order valence-electron chi connectivity index (χ1n) is 8.36. The van der Waals surface area contributed by atoms with Crippen molar-refractivity contribution < 1.29 is 14.6 Å². The van der Waals surface area contributed by atoms with E-state index in [0.717, 1.165) is 37.1 Å². The summed E-state index contributed by atoms with van der Waals surface area (Å²) in [5.74, 6) is 0.931. The Morgan fingerprint density at radius 3 is 3.00 bits per heavy atom. The molecule has 1 unspecified atom stereocenters. The van der Waals surface area contributed by atoms with Crippen LogP contribution in [0.15, 0.2) is 24.3 Å². The third kappa shape index (κ3) is 5.22. The van der Waals surface area contributed by atoms with Crippen LogP contribution in [-0.4, -0.2) is 60.7 Å². The zero-order valence-corrected chi connectivity index (χ0v) is 14.2. The molecular formula is C18H28N2O3. The predicted octanol–water partition coefficient (Wildman–Crippen LogP) is 1.89. The Morgan fingerprint density at radius 2 is 2.26 bits per heavy atom. The Balaban J connectivity index is 1.90. The van der Waals surface area contributed by atoms with Gasteiger partial charge in [0, 0.05) is 26.2 Å². The molecule has 1 aromatic carbocycles. The van der Waals surface area contributed by atoms with Crippen molar-refractivity contribution >= 4 is 5.91 Å². The minimum absolute atomic E-state index is 0.123. The Morgan fingerprint density at radius 1 is 1.43 bits per heavy atom. The lowest BCUT2D eigenvalue weighted by atomic mass is 9.99. The number of hydrogen-bond acceptors (Lipinski definition) is 4. The Labute approximate surface area is 138 Å². The van der Waals surface area contributed by atoms with Crippen LogP contribution in [0.4, 0.5) is 0 Å². The average molecular weight is 320 g/mol. The molecule has 0 aliphatic carbocycles. The monoisotopic (exact) mass is 320 g/mol. The first kappa shape index (κ1) is 17.8. The number of ether oxygens (including phenoxy) is 1. The van der Waals surface area contributed by atoms with E-state index in [1.54, 1.807) is 12.0 Å². The van der Waals surface area contributed by atoms with Crippen molar-refractivity contribution in [3.8, 4) is 5.75 Å². The van der Waals surface area contributed by atoms with Crippen molar-refractivity contribution in [1.29, 1.82) is 0 Å². The maximum atomic E-state index is 12.5. The minimum atomic E-state index is 0.123. The topological polar surface area (TPSA) is 53.0 Å². The molecule has 5 heteroatoms. The molecule has 23 heavy (non-hydrogen) atoms. The number of likely N-dealkylation sites (tertiary alicyclic amines) is 1. The molecule has 2 rings (SSSR count). The number of carbonyl (C=O) groups excluding carboxylic acids is 1. The summed E-state index contributed by atoms with van der Waals surface area (Å²) in [6.07, 6.45) is 4.16. The van der Waals surface area contributed by atoms with Crippen LogP contribution in [0.1, 0.15) is 31.2 Å². The van der Waals surface area contributed by atoms with E-state index in [1.807, 2.05) is 31.3 Å². The molecule has 0 spiro atoms. The third-order valence-electron chi connectivity index (χ3n) is 4.53. The predicted molar refractivity (Wildman–Crippen MR) is 90.4 cm³/mol. The van der Waals surface area contributed by atoms with Crippen LogP contribution < -0.4 is 4.74 Å². The maximum absolute atomic E-state index is 12.5. The van der Waals surface area contributed by atoms with Crippen molar-refractivity contribution in [2.75, 3.05) is 33.9 Å². The molecule has 1 heterocycles. The quantitative estimate of drug-likeness (QED) is 0.833. The van der Waals surface area contributed by atoms with Gasteiger partial charge < -0.3 is 14.7 Å². The summed E-state index contributed by atoms with van der Waals surface area (Å²) in [7, 11) is 3.48. The van der Waals surface area contributed by atoms with Crippen LogP contribution in [0.3, 0.4) is 0 Å². The number of hydrogen-bond donors (Lipinski definition) is 1. The van der Waals surface area contributed by atoms with Crippen LogP contribution in [0.2, 0.25) is 0 Å². The Kier molecular flexibility index (Phi) is 6.86. The normalized spacial score (nSPS) is 18.7. The molecule has 128 valence electrons. The van der Waals surface area contributed by atoms with Crippen LogP contribution in [-0.2, 0) is 11.3 Å². The van der Waals surface area contributed by atoms with Crippen molar-refractivity contribution in [1.82, 2.24) is 9.80 Å². The molecular weight excluding hydrogens is 292 g/mol. The van der Waals surface area contributed by atoms with E-state index >= 15 is 0 Å². The van der Waals surface area contributed by atoms with Crippen LogP contribution >= 0.6 is 0 Å². The van der Waals surface area contributed by atoms with E-state index in [-0.39, 0.29) is 12.5 Å². The first-order chi connectivity index (χ1) is 11.1. The molecule has 1 aliphatic rings. The van der Waals surface area contributed by atoms with Crippen molar-refractivity contribution in [3.05, 3.63) is 29.8 Å². The van der Waals surface area contributed by atoms with E-state index in [9.17, 15) is 9.90 Å². The fraction of sp³-hybridized carbons (Fsp3) is 0.611. The van der Waals surface area contributed by atoms with Gasteiger partial charge in [0.2, 0.25) is 5.91 Å². The fourth-order valence-corrected chi connectivity index (χ4v) is 3.17. The summed E-state index contributed by atoms with van der Waals surface area (Å²) in [5, 5.41) is 9.19. The van der Waals surface area contributed by atoms with E-state index < -0.39 is 0 Å². The largest absolute Gasteiger partial charge is 0.497 e. The molecule has 1 saturated heterocycles. The van der Waals surface area contributed by atoms with Crippen molar-refractivity contribution in [3.63, 3.8) is 0 Å². The van der Waals surface area contributed by atoms with Gasteiger partial charge in [0.05, 0.1) is 13.7 Å². The molecule has 0 bridgehead atoms. The first-order valence-corrected chi connectivity index (χ1v) is 8.36. The molecule has 1 N–H and O–H groups in total. The van der Waals surface area contributed by atoms with E-state index in [1.165, 1.54) is 6.42 Å². The van der Waals surface area contributed by atoms with Gasteiger partial charge in [0.1, 0.15) is 5.75 Å². The number of nitrogens with zero attached hydrogens (tertiary/aromatic N) is 2. The summed E-state index contributed by atoms with van der Waals surface area (Å²) in [5.41, 5.74) is 1.06. The Bertz CT molecular complexity index is 505. The van der Waals surface area contributed by atoms with Gasteiger partial charge in [0.15, 0.2) is 0 Å². The summed E-state index contributed by atoms with van der Waals surface area (Å²) in [6.45, 7) is 2.15. The Hall–Kier alpha value is -1.59. The highest BCUT2D eigenvalue weighted by atomic mass is 16.5. The van der Waals surface area contributed by atoms with E-state index in [2.05, 4.69) is 4.90 Å². The molecule has 0 aromatic heterocycles. The summed E-state index contributed by atoms with van der Waals surface area (Å²) in [4.78, 5) is 16.5. The lowest BCUT2D eigenvalue weighted by Gasteiger charge is -2.35. The summed E-state index contributed by atoms with van der Waals surface area (Å²) < 4.78 is 5.22. The number of carbonyl (C=O) groups is 1. The zero-order chi connectivity index (χ0) is 16.7. The number of aliphatic hydroxyl groups is 1. The number of aliphatic hydroxyl groups excluding tert-OH is 1. The zero-order valence-electron chi connectivity index (χ0n) is 14.2. The van der Waals surface area contributed by atoms with Crippen LogP contribution in [0, 0.1) is 0 Å². The van der Waals surface area contributed by atoms with Gasteiger partial charge in [-0.2, -0.15) is 0 Å². The molecule has 0 radical (unpaired) electrons. The highest BCUT2D eigenvalue weighted by molar-refractivity contribution is 5.78. The van der Waals surface area contributed by atoms with Gasteiger partial charge >= 0.3 is 0 Å². The highest BCUT2D eigenvalue weighted by Crippen LogP contribution is 2.20. The lowest BCUT2D eigenvalue weighted by molar-refractivity contribution is -0.132. The van der Waals surface area contributed by atoms with Crippen LogP contribution in [0.25, 0.3) is 0 Å². The van der Waals surface area contributed by atoms with Crippen LogP contribution in [0.5, 0.6) is 5.75 Å². The molecule has 1 fully saturated rings. The molecule has 1 aliphatic heterocycles. The number of amides is 1. The summed E-state index contributed by atoms with van der Waals surface area (Å²) >= 11 is 0. The number of methoxy groups -OCH3 is 1. The highest BCUT2D eigenvalue weighted by Gasteiger charge is 2.24. The number of rotatable bonds is 7. The number of piperidine rings is 1. The third-order valence-corrected chi connectivity index (χ3v) is 4.53. The molecule has 1 aromatic rings. The van der Waals surface area contributed by atoms with Gasteiger partial charge in [-0.1, -0.05) is 18.6 Å². The second-order valence-corrected chi connectivity index (χ2v) is 6.23. The standard InChI is InChI=1S/C18H28N2O3/c1-19(13-15-6-5-8-17(12-15)23-2)18(22)14-20-10-4-3-7-16(20)9-11-21/h5-6,8,12,16,21H,3-4,7,9-11,13-14H2,1-2H3. The molecule has 1 atom stereocenters. The van der Waals surface area contributed by atoms with Gasteiger partial charge in [-0.25, -0.2) is 0 Å². The summed E-state index contributed by atoms with van der Waals surface area (Å²) in [6, 6.07) is 8.14. The van der Waals surface area contributed by atoms with Gasteiger partial charge in [0.25, 0.3) is 0 Å². The molecule has 0 saturated carbocycles. The smallest absolute Gasteiger partial charge is 0.236 e. The second-order valence-electron chi connectivity index (χ2n) is 6.23. The fourth-order valence-electron chi connectivity index (χ4n) is 3.17. The number of benzene rings is 1. The molecule has 5 nitrogen and oxygen atoms in total. The van der Waals surface area contributed by atoms with E-state index in [0.29, 0.717) is 19.1 Å². The van der Waals surface area contributed by atoms with Gasteiger partial charge in [-0.3, -0.25) is 9.69 Å². The van der Waals surface area contributed by atoms with Gasteiger partial charge in [-0.15, -0.1) is 0 Å². The molecule has 1 amide bonds. The van der Waals surface area contributed by atoms with E-state index in [4.69, 9.17) is 4.74 Å². The van der Waals surface area contributed by atoms with Gasteiger partial charge in [-0.05, 0) is 43.5 Å². The van der Waals surface area contributed by atoms with Crippen molar-refractivity contribution in [2.24, 2.45) is 0 Å². The van der Waals surface area contributed by atoms with Crippen molar-refractivity contribution in [2.45, 2.75) is 38.3 Å².